The summed E-state index contributed by atoms with van der Waals surface area (Å²) in [6, 6.07) is 10.1. The first-order valence-corrected chi connectivity index (χ1v) is 7.52. The molecule has 0 bridgehead atoms. The number of rotatable bonds is 1. The van der Waals surface area contributed by atoms with Crippen LogP contribution in [0.15, 0.2) is 36.7 Å². The summed E-state index contributed by atoms with van der Waals surface area (Å²) in [7, 11) is 0. The van der Waals surface area contributed by atoms with Crippen LogP contribution < -0.4 is 0 Å². The SMILES string of the molecule is CC(C)(C)OC(=O)N1CCc2c(ncn2-c2ccccc2)C1. The number of amides is 1. The van der Waals surface area contributed by atoms with Crippen molar-refractivity contribution in [3.8, 4) is 5.69 Å². The summed E-state index contributed by atoms with van der Waals surface area (Å²) in [5.41, 5.74) is 2.75. The van der Waals surface area contributed by atoms with E-state index in [1.807, 2.05) is 45.3 Å². The molecule has 0 spiro atoms. The maximum absolute atomic E-state index is 12.2. The van der Waals surface area contributed by atoms with Crippen molar-refractivity contribution in [1.29, 1.82) is 0 Å². The molecule has 116 valence electrons. The van der Waals surface area contributed by atoms with Crippen LogP contribution in [0.5, 0.6) is 0 Å². The van der Waals surface area contributed by atoms with E-state index < -0.39 is 5.60 Å². The third-order valence-electron chi connectivity index (χ3n) is 3.60. The molecule has 0 fully saturated rings. The lowest BCUT2D eigenvalue weighted by molar-refractivity contribution is 0.0220. The van der Waals surface area contributed by atoms with Gasteiger partial charge in [0.05, 0.1) is 18.6 Å². The van der Waals surface area contributed by atoms with Gasteiger partial charge in [-0.15, -0.1) is 0 Å². The average Bonchev–Trinajstić information content (AvgIpc) is 2.89. The molecular weight excluding hydrogens is 278 g/mol. The number of nitrogens with zero attached hydrogens (tertiary/aromatic N) is 3. The van der Waals surface area contributed by atoms with E-state index in [1.165, 1.54) is 5.69 Å². The fourth-order valence-electron chi connectivity index (χ4n) is 2.60. The van der Waals surface area contributed by atoms with Gasteiger partial charge in [-0.3, -0.25) is 0 Å². The lowest BCUT2D eigenvalue weighted by Crippen LogP contribution is -2.40. The summed E-state index contributed by atoms with van der Waals surface area (Å²) < 4.78 is 7.54. The standard InChI is InChI=1S/C17H21N3O2/c1-17(2,3)22-16(21)19-10-9-15-14(11-19)18-12-20(15)13-7-5-4-6-8-13/h4-8,12H,9-11H2,1-3H3. The van der Waals surface area contributed by atoms with E-state index >= 15 is 0 Å². The highest BCUT2D eigenvalue weighted by Crippen LogP contribution is 2.22. The average molecular weight is 299 g/mol. The van der Waals surface area contributed by atoms with E-state index in [0.717, 1.165) is 17.8 Å². The number of hydrogen-bond acceptors (Lipinski definition) is 3. The molecule has 2 heterocycles. The van der Waals surface area contributed by atoms with Crippen LogP contribution in [0.3, 0.4) is 0 Å². The highest BCUT2D eigenvalue weighted by atomic mass is 16.6. The zero-order valence-corrected chi connectivity index (χ0v) is 13.2. The molecule has 3 rings (SSSR count). The molecule has 1 aromatic heterocycles. The van der Waals surface area contributed by atoms with Gasteiger partial charge < -0.3 is 14.2 Å². The molecular formula is C17H21N3O2. The topological polar surface area (TPSA) is 47.4 Å². The Morgan fingerprint density at radius 1 is 1.23 bits per heavy atom. The molecule has 1 amide bonds. The van der Waals surface area contributed by atoms with Crippen LogP contribution in [0.1, 0.15) is 32.2 Å². The molecule has 5 heteroatoms. The number of aromatic nitrogens is 2. The normalized spacial score (nSPS) is 14.6. The Kier molecular flexibility index (Phi) is 3.64. The van der Waals surface area contributed by atoms with Gasteiger partial charge in [-0.1, -0.05) is 18.2 Å². The summed E-state index contributed by atoms with van der Waals surface area (Å²) in [6.07, 6.45) is 2.34. The van der Waals surface area contributed by atoms with Crippen LogP contribution in [-0.4, -0.2) is 32.7 Å². The Bertz CT molecular complexity index is 671. The van der Waals surface area contributed by atoms with Crippen LogP contribution in [-0.2, 0) is 17.7 Å². The van der Waals surface area contributed by atoms with E-state index in [4.69, 9.17) is 4.74 Å². The maximum atomic E-state index is 12.2. The van der Waals surface area contributed by atoms with Crippen molar-refractivity contribution in [3.05, 3.63) is 48.0 Å². The van der Waals surface area contributed by atoms with Crippen LogP contribution >= 0.6 is 0 Å². The molecule has 2 aromatic rings. The number of carbonyl (C=O) groups excluding carboxylic acids is 1. The molecule has 1 aliphatic heterocycles. The predicted octanol–water partition coefficient (Wildman–Crippen LogP) is 3.17. The van der Waals surface area contributed by atoms with Gasteiger partial charge in [-0.05, 0) is 32.9 Å². The summed E-state index contributed by atoms with van der Waals surface area (Å²) in [5.74, 6) is 0. The smallest absolute Gasteiger partial charge is 0.410 e. The maximum Gasteiger partial charge on any atom is 0.410 e. The van der Waals surface area contributed by atoms with E-state index in [1.54, 1.807) is 4.90 Å². The number of imidazole rings is 1. The van der Waals surface area contributed by atoms with E-state index in [0.29, 0.717) is 13.1 Å². The van der Waals surface area contributed by atoms with Crippen LogP contribution in [0, 0.1) is 0 Å². The first-order chi connectivity index (χ1) is 10.4. The second kappa shape index (κ2) is 5.48. The van der Waals surface area contributed by atoms with Crippen molar-refractivity contribution in [2.75, 3.05) is 6.54 Å². The van der Waals surface area contributed by atoms with E-state index in [9.17, 15) is 4.79 Å². The van der Waals surface area contributed by atoms with Crippen LogP contribution in [0.4, 0.5) is 4.79 Å². The zero-order valence-electron chi connectivity index (χ0n) is 13.2. The Morgan fingerprint density at radius 2 is 1.95 bits per heavy atom. The van der Waals surface area contributed by atoms with E-state index in [-0.39, 0.29) is 6.09 Å². The van der Waals surface area contributed by atoms with Crippen molar-refractivity contribution < 1.29 is 9.53 Å². The molecule has 0 saturated heterocycles. The van der Waals surface area contributed by atoms with Gasteiger partial charge in [0.15, 0.2) is 0 Å². The largest absolute Gasteiger partial charge is 0.444 e. The quantitative estimate of drug-likeness (QED) is 0.812. The van der Waals surface area contributed by atoms with Crippen LogP contribution in [0.25, 0.3) is 5.69 Å². The van der Waals surface area contributed by atoms with Crippen molar-refractivity contribution in [3.63, 3.8) is 0 Å². The van der Waals surface area contributed by atoms with Crippen molar-refractivity contribution >= 4 is 6.09 Å². The Labute approximate surface area is 130 Å². The fraction of sp³-hybridized carbons (Fsp3) is 0.412. The zero-order chi connectivity index (χ0) is 15.7. The first-order valence-electron chi connectivity index (χ1n) is 7.52. The molecule has 0 atom stereocenters. The minimum atomic E-state index is -0.471. The van der Waals surface area contributed by atoms with Crippen molar-refractivity contribution in [1.82, 2.24) is 14.5 Å². The second-order valence-electron chi connectivity index (χ2n) is 6.50. The molecule has 5 nitrogen and oxygen atoms in total. The number of carbonyl (C=O) groups is 1. The molecule has 1 aliphatic rings. The highest BCUT2D eigenvalue weighted by molar-refractivity contribution is 5.68. The Balaban J connectivity index is 1.78. The molecule has 0 aliphatic carbocycles. The van der Waals surface area contributed by atoms with Gasteiger partial charge in [0.1, 0.15) is 5.60 Å². The van der Waals surface area contributed by atoms with Gasteiger partial charge >= 0.3 is 6.09 Å². The minimum absolute atomic E-state index is 0.271. The molecule has 0 unspecified atom stereocenters. The molecule has 1 aromatic carbocycles. The van der Waals surface area contributed by atoms with Crippen molar-refractivity contribution in [2.45, 2.75) is 39.3 Å². The highest BCUT2D eigenvalue weighted by Gasteiger charge is 2.28. The molecule has 0 saturated carbocycles. The summed E-state index contributed by atoms with van der Waals surface area (Å²) >= 11 is 0. The predicted molar refractivity (Wildman–Crippen MR) is 83.9 cm³/mol. The first kappa shape index (κ1) is 14.6. The van der Waals surface area contributed by atoms with Gasteiger partial charge in [0.25, 0.3) is 0 Å². The van der Waals surface area contributed by atoms with Gasteiger partial charge in [0.2, 0.25) is 0 Å². The summed E-state index contributed by atoms with van der Waals surface area (Å²) in [5, 5.41) is 0. The van der Waals surface area contributed by atoms with Crippen molar-refractivity contribution in [2.24, 2.45) is 0 Å². The molecule has 22 heavy (non-hydrogen) atoms. The lowest BCUT2D eigenvalue weighted by atomic mass is 10.1. The lowest BCUT2D eigenvalue weighted by Gasteiger charge is -2.30. The minimum Gasteiger partial charge on any atom is -0.444 e. The fourth-order valence-corrected chi connectivity index (χ4v) is 2.60. The van der Waals surface area contributed by atoms with Gasteiger partial charge in [-0.2, -0.15) is 0 Å². The summed E-state index contributed by atoms with van der Waals surface area (Å²) in [6.45, 7) is 6.80. The Morgan fingerprint density at radius 3 is 2.64 bits per heavy atom. The number of ether oxygens (including phenoxy) is 1. The Hall–Kier alpha value is -2.30. The second-order valence-corrected chi connectivity index (χ2v) is 6.50. The number of benzene rings is 1. The number of hydrogen-bond donors (Lipinski definition) is 0. The molecule has 0 radical (unpaired) electrons. The van der Waals surface area contributed by atoms with Gasteiger partial charge in [-0.25, -0.2) is 9.78 Å². The van der Waals surface area contributed by atoms with Crippen LogP contribution in [0.2, 0.25) is 0 Å². The monoisotopic (exact) mass is 299 g/mol. The third-order valence-corrected chi connectivity index (χ3v) is 3.60. The summed E-state index contributed by atoms with van der Waals surface area (Å²) in [4.78, 5) is 18.4. The number of para-hydroxylation sites is 1. The van der Waals surface area contributed by atoms with E-state index in [2.05, 4.69) is 21.7 Å². The number of fused-ring (bicyclic) bond motifs is 1. The van der Waals surface area contributed by atoms with Gasteiger partial charge in [0, 0.05) is 24.3 Å². The third kappa shape index (κ3) is 2.98. The molecule has 0 N–H and O–H groups in total.